The summed E-state index contributed by atoms with van der Waals surface area (Å²) in [4.78, 5) is 0. The Kier molecular flexibility index (Phi) is 2.74. The van der Waals surface area contributed by atoms with E-state index in [1.165, 1.54) is 6.26 Å². The Balaban J connectivity index is 2.41. The second-order valence-electron chi connectivity index (χ2n) is 2.93. The van der Waals surface area contributed by atoms with Crippen molar-refractivity contribution < 1.29 is 9.62 Å². The lowest BCUT2D eigenvalue weighted by Crippen LogP contribution is -2.01. The van der Waals surface area contributed by atoms with Gasteiger partial charge in [0.1, 0.15) is 0 Å². The Hall–Kier alpha value is -1.74. The zero-order valence-electron chi connectivity index (χ0n) is 7.72. The third-order valence-electron chi connectivity index (χ3n) is 1.97. The van der Waals surface area contributed by atoms with Crippen LogP contribution in [0.2, 0.25) is 5.02 Å². The van der Waals surface area contributed by atoms with Crippen LogP contribution in [0, 0.1) is 0 Å². The van der Waals surface area contributed by atoms with E-state index in [0.29, 0.717) is 16.5 Å². The Bertz CT molecular complexity index is 460. The average molecular weight is 222 g/mol. The fourth-order valence-corrected chi connectivity index (χ4v) is 1.40. The number of hydrogen-bond acceptors (Lipinski definition) is 3. The molecule has 0 saturated heterocycles. The van der Waals surface area contributed by atoms with Crippen LogP contribution in [0.1, 0.15) is 11.3 Å². The van der Waals surface area contributed by atoms with E-state index in [-0.39, 0.29) is 0 Å². The van der Waals surface area contributed by atoms with Gasteiger partial charge in [0.25, 0.3) is 0 Å². The SMILES string of the molecule is O/N=C(\c1ccc(Cl)cc1)c1ccco1. The first-order valence-corrected chi connectivity index (χ1v) is 4.71. The van der Waals surface area contributed by atoms with Crippen molar-refractivity contribution in [1.82, 2.24) is 0 Å². The molecule has 2 aromatic rings. The molecule has 4 heteroatoms. The van der Waals surface area contributed by atoms with Crippen molar-refractivity contribution in [2.45, 2.75) is 0 Å². The molecule has 0 saturated carbocycles. The third kappa shape index (κ3) is 2.02. The fourth-order valence-electron chi connectivity index (χ4n) is 1.27. The summed E-state index contributed by atoms with van der Waals surface area (Å²) in [6.45, 7) is 0. The minimum absolute atomic E-state index is 0.386. The first-order chi connectivity index (χ1) is 7.31. The van der Waals surface area contributed by atoms with Gasteiger partial charge in [0.05, 0.1) is 6.26 Å². The lowest BCUT2D eigenvalue weighted by Gasteiger charge is -2.00. The van der Waals surface area contributed by atoms with E-state index in [2.05, 4.69) is 5.16 Å². The number of hydrogen-bond donors (Lipinski definition) is 1. The molecule has 15 heavy (non-hydrogen) atoms. The molecule has 0 aliphatic carbocycles. The van der Waals surface area contributed by atoms with E-state index in [9.17, 15) is 0 Å². The Morgan fingerprint density at radius 3 is 2.47 bits per heavy atom. The highest BCUT2D eigenvalue weighted by molar-refractivity contribution is 6.30. The quantitative estimate of drug-likeness (QED) is 0.481. The summed E-state index contributed by atoms with van der Waals surface area (Å²) in [5.41, 5.74) is 1.13. The van der Waals surface area contributed by atoms with Crippen molar-refractivity contribution in [2.24, 2.45) is 5.16 Å². The van der Waals surface area contributed by atoms with Gasteiger partial charge in [-0.1, -0.05) is 28.9 Å². The molecule has 1 N–H and O–H groups in total. The van der Waals surface area contributed by atoms with Gasteiger partial charge in [-0.05, 0) is 24.3 Å². The minimum atomic E-state index is 0.386. The monoisotopic (exact) mass is 221 g/mol. The molecule has 1 aromatic heterocycles. The first kappa shape index (κ1) is 9.80. The van der Waals surface area contributed by atoms with Crippen LogP contribution < -0.4 is 0 Å². The van der Waals surface area contributed by atoms with E-state index in [0.717, 1.165) is 5.56 Å². The zero-order chi connectivity index (χ0) is 10.7. The molecule has 0 radical (unpaired) electrons. The third-order valence-corrected chi connectivity index (χ3v) is 2.22. The topological polar surface area (TPSA) is 45.7 Å². The van der Waals surface area contributed by atoms with Gasteiger partial charge in [0.15, 0.2) is 11.5 Å². The standard InChI is InChI=1S/C11H8ClNO2/c12-9-5-3-8(4-6-9)11(13-14)10-2-1-7-15-10/h1-7,14H/b13-11+. The van der Waals surface area contributed by atoms with Gasteiger partial charge < -0.3 is 9.62 Å². The van der Waals surface area contributed by atoms with Gasteiger partial charge in [0.2, 0.25) is 0 Å². The van der Waals surface area contributed by atoms with Crippen LogP contribution >= 0.6 is 11.6 Å². The van der Waals surface area contributed by atoms with Crippen molar-refractivity contribution in [1.29, 1.82) is 0 Å². The van der Waals surface area contributed by atoms with Gasteiger partial charge in [-0.25, -0.2) is 0 Å². The maximum Gasteiger partial charge on any atom is 0.156 e. The van der Waals surface area contributed by atoms with Crippen molar-refractivity contribution in [3.05, 3.63) is 59.0 Å². The van der Waals surface area contributed by atoms with Crippen molar-refractivity contribution >= 4 is 17.3 Å². The predicted molar refractivity (Wildman–Crippen MR) is 57.6 cm³/mol. The van der Waals surface area contributed by atoms with E-state index in [4.69, 9.17) is 21.2 Å². The van der Waals surface area contributed by atoms with Crippen LogP contribution in [0.4, 0.5) is 0 Å². The van der Waals surface area contributed by atoms with Crippen molar-refractivity contribution in [3.63, 3.8) is 0 Å². The van der Waals surface area contributed by atoms with E-state index < -0.39 is 0 Å². The summed E-state index contributed by atoms with van der Waals surface area (Å²) in [5.74, 6) is 0.514. The van der Waals surface area contributed by atoms with Crippen molar-refractivity contribution in [2.75, 3.05) is 0 Å². The number of furan rings is 1. The summed E-state index contributed by atoms with van der Waals surface area (Å²) < 4.78 is 5.15. The summed E-state index contributed by atoms with van der Waals surface area (Å²) in [6.07, 6.45) is 1.52. The van der Waals surface area contributed by atoms with Gasteiger partial charge >= 0.3 is 0 Å². The smallest absolute Gasteiger partial charge is 0.156 e. The highest BCUT2D eigenvalue weighted by atomic mass is 35.5. The average Bonchev–Trinajstić information content (AvgIpc) is 2.75. The number of halogens is 1. The van der Waals surface area contributed by atoms with Crippen LogP contribution in [0.5, 0.6) is 0 Å². The Morgan fingerprint density at radius 2 is 1.93 bits per heavy atom. The molecule has 1 aromatic carbocycles. The molecule has 0 aliphatic rings. The van der Waals surface area contributed by atoms with Gasteiger partial charge in [-0.2, -0.15) is 0 Å². The van der Waals surface area contributed by atoms with E-state index in [1.54, 1.807) is 36.4 Å². The van der Waals surface area contributed by atoms with Crippen LogP contribution in [-0.2, 0) is 0 Å². The Labute approximate surface area is 91.6 Å². The van der Waals surface area contributed by atoms with Crippen LogP contribution in [0.25, 0.3) is 0 Å². The second-order valence-corrected chi connectivity index (χ2v) is 3.37. The zero-order valence-corrected chi connectivity index (χ0v) is 8.48. The van der Waals surface area contributed by atoms with E-state index >= 15 is 0 Å². The van der Waals surface area contributed by atoms with Gasteiger partial charge in [-0.15, -0.1) is 0 Å². The molecular weight excluding hydrogens is 214 g/mol. The molecule has 2 rings (SSSR count). The normalized spacial score (nSPS) is 11.7. The predicted octanol–water partition coefficient (Wildman–Crippen LogP) is 3.16. The van der Waals surface area contributed by atoms with E-state index in [1.807, 2.05) is 0 Å². The fraction of sp³-hybridized carbons (Fsp3) is 0. The second kappa shape index (κ2) is 4.19. The first-order valence-electron chi connectivity index (χ1n) is 4.33. The highest BCUT2D eigenvalue weighted by Gasteiger charge is 2.09. The van der Waals surface area contributed by atoms with Gasteiger partial charge in [-0.3, -0.25) is 0 Å². The molecule has 0 aliphatic heterocycles. The molecule has 0 amide bonds. The number of rotatable bonds is 2. The van der Waals surface area contributed by atoms with Crippen LogP contribution in [0.3, 0.4) is 0 Å². The number of nitrogens with zero attached hydrogens (tertiary/aromatic N) is 1. The maximum absolute atomic E-state index is 8.92. The highest BCUT2D eigenvalue weighted by Crippen LogP contribution is 2.14. The molecular formula is C11H8ClNO2. The molecule has 0 bridgehead atoms. The molecule has 76 valence electrons. The molecule has 0 spiro atoms. The maximum atomic E-state index is 8.92. The van der Waals surface area contributed by atoms with Crippen LogP contribution in [0.15, 0.2) is 52.2 Å². The number of oxime groups is 1. The molecule has 0 atom stereocenters. The molecule has 0 fully saturated rings. The molecule has 1 heterocycles. The lowest BCUT2D eigenvalue weighted by molar-refractivity contribution is 0.318. The summed E-state index contributed by atoms with van der Waals surface area (Å²) in [6, 6.07) is 10.4. The summed E-state index contributed by atoms with van der Waals surface area (Å²) >= 11 is 5.76. The molecule has 0 unspecified atom stereocenters. The van der Waals surface area contributed by atoms with Crippen LogP contribution in [-0.4, -0.2) is 10.9 Å². The number of benzene rings is 1. The summed E-state index contributed by atoms with van der Waals surface area (Å²) in [7, 11) is 0. The largest absolute Gasteiger partial charge is 0.463 e. The lowest BCUT2D eigenvalue weighted by atomic mass is 10.1. The Morgan fingerprint density at radius 1 is 1.20 bits per heavy atom. The minimum Gasteiger partial charge on any atom is -0.463 e. The molecule has 3 nitrogen and oxygen atoms in total. The van der Waals surface area contributed by atoms with Gasteiger partial charge in [0, 0.05) is 10.6 Å². The van der Waals surface area contributed by atoms with Crippen molar-refractivity contribution in [3.8, 4) is 0 Å². The summed E-state index contributed by atoms with van der Waals surface area (Å²) in [5, 5.41) is 12.8.